The van der Waals surface area contributed by atoms with Gasteiger partial charge >= 0.3 is 0 Å². The molecule has 2 aliphatic rings. The molecule has 2 aliphatic heterocycles. The van der Waals surface area contributed by atoms with Crippen LogP contribution in [-0.4, -0.2) is 44.6 Å². The third-order valence-corrected chi connectivity index (χ3v) is 5.32. The quantitative estimate of drug-likeness (QED) is 0.571. The molecular formula is C13H21BrN2OSi. The molecule has 2 rings (SSSR count). The maximum Gasteiger partial charge on any atom is 0.119 e. The molecule has 0 bridgehead atoms. The van der Waals surface area contributed by atoms with Crippen LogP contribution in [0.5, 0.6) is 0 Å². The lowest BCUT2D eigenvalue weighted by Crippen LogP contribution is -2.36. The van der Waals surface area contributed by atoms with E-state index in [1.807, 2.05) is 6.21 Å². The minimum Gasteiger partial charge on any atom is -0.361 e. The van der Waals surface area contributed by atoms with Crippen LogP contribution in [0.25, 0.3) is 0 Å². The van der Waals surface area contributed by atoms with Crippen LogP contribution in [0, 0.1) is 0 Å². The Morgan fingerprint density at radius 3 is 2.94 bits per heavy atom. The van der Waals surface area contributed by atoms with Crippen molar-refractivity contribution in [2.45, 2.75) is 37.8 Å². The number of hydrogen-bond donors (Lipinski definition) is 0. The molecule has 5 heteroatoms. The maximum atomic E-state index is 5.79. The minimum absolute atomic E-state index is 0.256. The highest BCUT2D eigenvalue weighted by Gasteiger charge is 2.28. The van der Waals surface area contributed by atoms with Gasteiger partial charge in [0.1, 0.15) is 6.73 Å². The molecule has 18 heavy (non-hydrogen) atoms. The van der Waals surface area contributed by atoms with E-state index >= 15 is 0 Å². The summed E-state index contributed by atoms with van der Waals surface area (Å²) in [7, 11) is -0.984. The lowest BCUT2D eigenvalue weighted by atomic mass is 10.1. The molecule has 100 valence electrons. The first-order valence-electron chi connectivity index (χ1n) is 6.38. The summed E-state index contributed by atoms with van der Waals surface area (Å²) in [6.07, 6.45) is 8.31. The Kier molecular flexibility index (Phi) is 4.45. The second kappa shape index (κ2) is 5.71. The highest BCUT2D eigenvalue weighted by molar-refractivity contribution is 9.12. The Labute approximate surface area is 119 Å². The molecule has 3 nitrogen and oxygen atoms in total. The molecule has 0 aromatic heterocycles. The molecule has 0 aromatic rings. The van der Waals surface area contributed by atoms with Crippen LogP contribution in [-0.2, 0) is 4.74 Å². The fourth-order valence-corrected chi connectivity index (χ4v) is 3.13. The van der Waals surface area contributed by atoms with Crippen LogP contribution >= 0.6 is 15.9 Å². The fourth-order valence-electron chi connectivity index (χ4n) is 1.98. The SMILES string of the molecule is C[Si](C)(C)CCOCN1C=CC2N=CC(Br)=CC21. The topological polar surface area (TPSA) is 24.8 Å². The molecule has 2 unspecified atom stereocenters. The van der Waals surface area contributed by atoms with Crippen LogP contribution in [0.3, 0.4) is 0 Å². The summed E-state index contributed by atoms with van der Waals surface area (Å²) in [6, 6.07) is 1.79. The second-order valence-electron chi connectivity index (χ2n) is 6.01. The Morgan fingerprint density at radius 1 is 1.44 bits per heavy atom. The van der Waals surface area contributed by atoms with Crippen LogP contribution in [0.15, 0.2) is 27.8 Å². The van der Waals surface area contributed by atoms with E-state index in [0.717, 1.165) is 11.1 Å². The zero-order valence-electron chi connectivity index (χ0n) is 11.3. The number of aliphatic imine (C=N–C) groups is 1. The number of rotatable bonds is 5. The summed E-state index contributed by atoms with van der Waals surface area (Å²) in [5.41, 5.74) is 0. The third-order valence-electron chi connectivity index (χ3n) is 3.14. The van der Waals surface area contributed by atoms with Crippen molar-refractivity contribution in [3.05, 3.63) is 22.8 Å². The van der Waals surface area contributed by atoms with Gasteiger partial charge in [-0.15, -0.1) is 0 Å². The summed E-state index contributed by atoms with van der Waals surface area (Å²) in [5, 5.41) is 0. The highest BCUT2D eigenvalue weighted by Crippen LogP contribution is 2.25. The Hall–Kier alpha value is -0.393. The summed E-state index contributed by atoms with van der Waals surface area (Å²) in [5.74, 6) is 0. The molecular weight excluding hydrogens is 308 g/mol. The summed E-state index contributed by atoms with van der Waals surface area (Å²) in [4.78, 5) is 6.69. The molecule has 0 N–H and O–H groups in total. The van der Waals surface area contributed by atoms with E-state index in [4.69, 9.17) is 4.74 Å². The Balaban J connectivity index is 1.78. The first kappa shape index (κ1) is 14.0. The normalized spacial score (nSPS) is 26.4. The van der Waals surface area contributed by atoms with Gasteiger partial charge in [-0.1, -0.05) is 19.6 Å². The standard InChI is InChI=1S/C13H21BrN2OSi/c1-18(2,3)7-6-17-10-16-5-4-12-13(16)8-11(14)9-15-12/h4-5,8-9,12-13H,6-7,10H2,1-3H3. The van der Waals surface area contributed by atoms with E-state index < -0.39 is 8.07 Å². The van der Waals surface area contributed by atoms with Crippen molar-refractivity contribution in [1.29, 1.82) is 0 Å². The smallest absolute Gasteiger partial charge is 0.119 e. The summed E-state index contributed by atoms with van der Waals surface area (Å²) < 4.78 is 6.85. The van der Waals surface area contributed by atoms with Crippen molar-refractivity contribution >= 4 is 30.2 Å². The maximum absolute atomic E-state index is 5.79. The number of halogens is 1. The first-order chi connectivity index (χ1) is 8.46. The number of ether oxygens (including phenoxy) is 1. The number of hydrogen-bond acceptors (Lipinski definition) is 3. The van der Waals surface area contributed by atoms with E-state index in [-0.39, 0.29) is 6.04 Å². The van der Waals surface area contributed by atoms with Crippen molar-refractivity contribution in [3.63, 3.8) is 0 Å². The minimum atomic E-state index is -0.984. The predicted octanol–water partition coefficient (Wildman–Crippen LogP) is 3.23. The van der Waals surface area contributed by atoms with E-state index in [9.17, 15) is 0 Å². The van der Waals surface area contributed by atoms with E-state index in [2.05, 4.69) is 63.8 Å². The lowest BCUT2D eigenvalue weighted by Gasteiger charge is -2.27. The van der Waals surface area contributed by atoms with Crippen LogP contribution in [0.4, 0.5) is 0 Å². The second-order valence-corrected chi connectivity index (χ2v) is 12.6. The van der Waals surface area contributed by atoms with Gasteiger partial charge in [-0.05, 0) is 34.1 Å². The molecule has 0 aliphatic carbocycles. The number of allylic oxidation sites excluding steroid dienone is 1. The van der Waals surface area contributed by atoms with E-state index in [1.165, 1.54) is 6.04 Å². The zero-order chi connectivity index (χ0) is 13.2. The number of fused-ring (bicyclic) bond motifs is 1. The van der Waals surface area contributed by atoms with E-state index in [1.54, 1.807) is 0 Å². The van der Waals surface area contributed by atoms with Gasteiger partial charge in [0.25, 0.3) is 0 Å². The van der Waals surface area contributed by atoms with E-state index in [0.29, 0.717) is 12.8 Å². The largest absolute Gasteiger partial charge is 0.361 e. The van der Waals surface area contributed by atoms with Crippen molar-refractivity contribution in [3.8, 4) is 0 Å². The molecule has 0 amide bonds. The van der Waals surface area contributed by atoms with Crippen molar-refractivity contribution in [1.82, 2.24) is 4.90 Å². The first-order valence-corrected chi connectivity index (χ1v) is 10.9. The molecule has 0 fully saturated rings. The summed E-state index contributed by atoms with van der Waals surface area (Å²) in [6.45, 7) is 8.65. The summed E-state index contributed by atoms with van der Waals surface area (Å²) >= 11 is 3.48. The van der Waals surface area contributed by atoms with Crippen LogP contribution < -0.4 is 0 Å². The van der Waals surface area contributed by atoms with Gasteiger partial charge < -0.3 is 9.64 Å². The number of nitrogens with zero attached hydrogens (tertiary/aromatic N) is 2. The third kappa shape index (κ3) is 3.80. The monoisotopic (exact) mass is 328 g/mol. The van der Waals surface area contributed by atoms with Gasteiger partial charge in [-0.25, -0.2) is 0 Å². The molecule has 0 radical (unpaired) electrons. The van der Waals surface area contributed by atoms with Gasteiger partial charge in [0.05, 0.1) is 12.1 Å². The van der Waals surface area contributed by atoms with Crippen LogP contribution in [0.1, 0.15) is 0 Å². The molecule has 0 aromatic carbocycles. The van der Waals surface area contributed by atoms with Crippen molar-refractivity contribution < 1.29 is 4.74 Å². The van der Waals surface area contributed by atoms with Gasteiger partial charge in [0, 0.05) is 31.6 Å². The fraction of sp³-hybridized carbons (Fsp3) is 0.615. The van der Waals surface area contributed by atoms with Gasteiger partial charge in [0.2, 0.25) is 0 Å². The average molecular weight is 329 g/mol. The molecule has 2 heterocycles. The Morgan fingerprint density at radius 2 is 2.22 bits per heavy atom. The molecule has 2 atom stereocenters. The van der Waals surface area contributed by atoms with Crippen molar-refractivity contribution in [2.24, 2.45) is 4.99 Å². The molecule has 0 saturated heterocycles. The van der Waals surface area contributed by atoms with Crippen molar-refractivity contribution in [2.75, 3.05) is 13.3 Å². The Bertz CT molecular complexity index is 387. The lowest BCUT2D eigenvalue weighted by molar-refractivity contribution is 0.0530. The highest BCUT2D eigenvalue weighted by atomic mass is 79.9. The molecule has 0 spiro atoms. The average Bonchev–Trinajstić information content (AvgIpc) is 2.66. The van der Waals surface area contributed by atoms with Gasteiger partial charge in [-0.2, -0.15) is 0 Å². The van der Waals surface area contributed by atoms with Gasteiger partial charge in [0.15, 0.2) is 0 Å². The zero-order valence-corrected chi connectivity index (χ0v) is 13.9. The molecule has 0 saturated carbocycles. The predicted molar refractivity (Wildman–Crippen MR) is 83.0 cm³/mol. The number of dihydropyridines is 1. The van der Waals surface area contributed by atoms with Crippen LogP contribution in [0.2, 0.25) is 25.7 Å². The van der Waals surface area contributed by atoms with Gasteiger partial charge in [-0.3, -0.25) is 4.99 Å².